The van der Waals surface area contributed by atoms with Crippen molar-refractivity contribution in [1.82, 2.24) is 9.55 Å². The van der Waals surface area contributed by atoms with E-state index in [-0.39, 0.29) is 0 Å². The molecule has 2 heterocycles. The summed E-state index contributed by atoms with van der Waals surface area (Å²) < 4.78 is 2.18. The van der Waals surface area contributed by atoms with E-state index in [0.29, 0.717) is 11.8 Å². The average molecular weight is 226 g/mol. The zero-order valence-corrected chi connectivity index (χ0v) is 9.50. The van der Waals surface area contributed by atoms with Gasteiger partial charge in [-0.3, -0.25) is 0 Å². The van der Waals surface area contributed by atoms with Crippen molar-refractivity contribution in [2.24, 2.45) is 11.7 Å². The standard InChI is InChI=1S/C11H16ClN3/c12-11-10(8-2-3-8)14-9-4-1-7(5-13)6-15(9)11/h7-8H,1-6,13H2. The first-order chi connectivity index (χ1) is 7.29. The Morgan fingerprint density at radius 1 is 1.40 bits per heavy atom. The molecular formula is C11H16ClN3. The maximum Gasteiger partial charge on any atom is 0.132 e. The van der Waals surface area contributed by atoms with Gasteiger partial charge >= 0.3 is 0 Å². The van der Waals surface area contributed by atoms with E-state index >= 15 is 0 Å². The van der Waals surface area contributed by atoms with Crippen LogP contribution >= 0.6 is 11.6 Å². The minimum atomic E-state index is 0.580. The molecule has 1 unspecified atom stereocenters. The van der Waals surface area contributed by atoms with Crippen molar-refractivity contribution in [2.45, 2.75) is 38.1 Å². The topological polar surface area (TPSA) is 43.8 Å². The fourth-order valence-electron chi connectivity index (χ4n) is 2.37. The summed E-state index contributed by atoms with van der Waals surface area (Å²) in [6.07, 6.45) is 4.72. The van der Waals surface area contributed by atoms with E-state index in [2.05, 4.69) is 9.55 Å². The molecule has 2 aliphatic rings. The monoisotopic (exact) mass is 225 g/mol. The number of rotatable bonds is 2. The van der Waals surface area contributed by atoms with E-state index < -0.39 is 0 Å². The van der Waals surface area contributed by atoms with Crippen LogP contribution in [0.25, 0.3) is 0 Å². The lowest BCUT2D eigenvalue weighted by atomic mass is 10.00. The lowest BCUT2D eigenvalue weighted by molar-refractivity contribution is 0.374. The molecule has 0 radical (unpaired) electrons. The van der Waals surface area contributed by atoms with E-state index in [1.807, 2.05) is 0 Å². The van der Waals surface area contributed by atoms with Gasteiger partial charge in [-0.1, -0.05) is 11.6 Å². The van der Waals surface area contributed by atoms with Gasteiger partial charge in [0.15, 0.2) is 0 Å². The Morgan fingerprint density at radius 3 is 2.87 bits per heavy atom. The van der Waals surface area contributed by atoms with E-state index in [4.69, 9.17) is 17.3 Å². The van der Waals surface area contributed by atoms with Gasteiger partial charge in [-0.2, -0.15) is 0 Å². The Kier molecular flexibility index (Phi) is 2.25. The van der Waals surface area contributed by atoms with Crippen LogP contribution in [-0.4, -0.2) is 16.1 Å². The highest BCUT2D eigenvalue weighted by Gasteiger charge is 2.32. The van der Waals surface area contributed by atoms with E-state index in [0.717, 1.165) is 36.8 Å². The number of fused-ring (bicyclic) bond motifs is 1. The molecular weight excluding hydrogens is 210 g/mol. The molecule has 2 N–H and O–H groups in total. The van der Waals surface area contributed by atoms with Crippen molar-refractivity contribution in [1.29, 1.82) is 0 Å². The Labute approximate surface area is 94.6 Å². The fraction of sp³-hybridized carbons (Fsp3) is 0.727. The van der Waals surface area contributed by atoms with Gasteiger partial charge in [-0.15, -0.1) is 0 Å². The van der Waals surface area contributed by atoms with Gasteiger partial charge in [-0.25, -0.2) is 4.98 Å². The Morgan fingerprint density at radius 2 is 2.20 bits per heavy atom. The van der Waals surface area contributed by atoms with Crippen LogP contribution in [0.5, 0.6) is 0 Å². The van der Waals surface area contributed by atoms with Crippen LogP contribution in [0.15, 0.2) is 0 Å². The molecule has 1 aliphatic heterocycles. The molecule has 3 rings (SSSR count). The van der Waals surface area contributed by atoms with Crippen LogP contribution in [-0.2, 0) is 13.0 Å². The summed E-state index contributed by atoms with van der Waals surface area (Å²) in [5.74, 6) is 2.40. The molecule has 1 aromatic rings. The van der Waals surface area contributed by atoms with Crippen molar-refractivity contribution >= 4 is 11.6 Å². The predicted octanol–water partition coefficient (Wildman–Crippen LogP) is 1.94. The summed E-state index contributed by atoms with van der Waals surface area (Å²) in [5.41, 5.74) is 6.86. The highest BCUT2D eigenvalue weighted by Crippen LogP contribution is 2.43. The van der Waals surface area contributed by atoms with Crippen LogP contribution in [0.4, 0.5) is 0 Å². The Hall–Kier alpha value is -0.540. The number of imidazole rings is 1. The van der Waals surface area contributed by atoms with Crippen molar-refractivity contribution in [3.63, 3.8) is 0 Å². The van der Waals surface area contributed by atoms with Crippen LogP contribution in [0, 0.1) is 5.92 Å². The number of nitrogens with two attached hydrogens (primary N) is 1. The number of halogens is 1. The maximum atomic E-state index is 6.36. The highest BCUT2D eigenvalue weighted by molar-refractivity contribution is 6.30. The lowest BCUT2D eigenvalue weighted by Gasteiger charge is -2.22. The molecule has 0 aromatic carbocycles. The second-order valence-corrected chi connectivity index (χ2v) is 5.09. The molecule has 1 aliphatic carbocycles. The number of hydrogen-bond donors (Lipinski definition) is 1. The molecule has 15 heavy (non-hydrogen) atoms. The van der Waals surface area contributed by atoms with Gasteiger partial charge in [0.1, 0.15) is 11.0 Å². The van der Waals surface area contributed by atoms with Crippen molar-refractivity contribution < 1.29 is 0 Å². The molecule has 0 bridgehead atoms. The van der Waals surface area contributed by atoms with Gasteiger partial charge in [0.25, 0.3) is 0 Å². The third-order valence-electron chi connectivity index (χ3n) is 3.52. The Bertz CT molecular complexity index is 381. The van der Waals surface area contributed by atoms with Crippen molar-refractivity contribution in [2.75, 3.05) is 6.54 Å². The molecule has 0 spiro atoms. The van der Waals surface area contributed by atoms with Gasteiger partial charge in [0.05, 0.1) is 5.69 Å². The molecule has 1 atom stereocenters. The predicted molar refractivity (Wildman–Crippen MR) is 60.1 cm³/mol. The number of hydrogen-bond acceptors (Lipinski definition) is 2. The summed E-state index contributed by atoms with van der Waals surface area (Å²) in [4.78, 5) is 4.67. The number of aryl methyl sites for hydroxylation is 1. The molecule has 82 valence electrons. The first-order valence-electron chi connectivity index (χ1n) is 5.74. The fourth-order valence-corrected chi connectivity index (χ4v) is 2.73. The van der Waals surface area contributed by atoms with Crippen LogP contribution in [0.2, 0.25) is 5.15 Å². The molecule has 1 aromatic heterocycles. The third kappa shape index (κ3) is 1.58. The molecule has 1 fully saturated rings. The summed E-state index contributed by atoms with van der Waals surface area (Å²) in [6.45, 7) is 1.72. The quantitative estimate of drug-likeness (QED) is 0.836. The summed E-state index contributed by atoms with van der Waals surface area (Å²) in [5, 5.41) is 0.880. The molecule has 1 saturated carbocycles. The van der Waals surface area contributed by atoms with Gasteiger partial charge < -0.3 is 10.3 Å². The molecule has 4 heteroatoms. The van der Waals surface area contributed by atoms with Crippen LogP contribution < -0.4 is 5.73 Å². The average Bonchev–Trinajstić information content (AvgIpc) is 3.05. The smallest absolute Gasteiger partial charge is 0.132 e. The first kappa shape index (κ1) is 9.67. The summed E-state index contributed by atoms with van der Waals surface area (Å²) in [7, 11) is 0. The summed E-state index contributed by atoms with van der Waals surface area (Å²) in [6, 6.07) is 0. The molecule has 0 amide bonds. The lowest BCUT2D eigenvalue weighted by Crippen LogP contribution is -2.26. The number of nitrogens with zero attached hydrogens (tertiary/aromatic N) is 2. The SMILES string of the molecule is NCC1CCc2nc(C3CC3)c(Cl)n2C1. The van der Waals surface area contributed by atoms with E-state index in [9.17, 15) is 0 Å². The van der Waals surface area contributed by atoms with Crippen LogP contribution in [0.3, 0.4) is 0 Å². The summed E-state index contributed by atoms with van der Waals surface area (Å²) >= 11 is 6.36. The van der Waals surface area contributed by atoms with E-state index in [1.165, 1.54) is 18.7 Å². The zero-order chi connectivity index (χ0) is 10.4. The minimum absolute atomic E-state index is 0.580. The first-order valence-corrected chi connectivity index (χ1v) is 6.12. The van der Waals surface area contributed by atoms with Crippen molar-refractivity contribution in [3.05, 3.63) is 16.7 Å². The van der Waals surface area contributed by atoms with Gasteiger partial charge in [0.2, 0.25) is 0 Å². The number of aromatic nitrogens is 2. The highest BCUT2D eigenvalue weighted by atomic mass is 35.5. The third-order valence-corrected chi connectivity index (χ3v) is 3.92. The minimum Gasteiger partial charge on any atom is -0.330 e. The maximum absolute atomic E-state index is 6.36. The zero-order valence-electron chi connectivity index (χ0n) is 8.75. The largest absolute Gasteiger partial charge is 0.330 e. The second kappa shape index (κ2) is 3.49. The normalized spacial score (nSPS) is 25.3. The van der Waals surface area contributed by atoms with Crippen LogP contribution in [0.1, 0.15) is 36.7 Å². The van der Waals surface area contributed by atoms with Gasteiger partial charge in [-0.05, 0) is 31.7 Å². The van der Waals surface area contributed by atoms with Gasteiger partial charge in [0, 0.05) is 18.9 Å². The molecule has 3 nitrogen and oxygen atoms in total. The van der Waals surface area contributed by atoms with E-state index in [1.54, 1.807) is 0 Å². The second-order valence-electron chi connectivity index (χ2n) is 4.73. The van der Waals surface area contributed by atoms with Crippen molar-refractivity contribution in [3.8, 4) is 0 Å². The Balaban J connectivity index is 1.94. The molecule has 0 saturated heterocycles.